The summed E-state index contributed by atoms with van der Waals surface area (Å²) >= 11 is 0. The van der Waals surface area contributed by atoms with E-state index in [9.17, 15) is 9.90 Å². The van der Waals surface area contributed by atoms with Gasteiger partial charge in [-0.3, -0.25) is 4.79 Å². The van der Waals surface area contributed by atoms with E-state index in [2.05, 4.69) is 45.0 Å². The molecule has 1 unspecified atom stereocenters. The molecular formula is C16H24O3. The van der Waals surface area contributed by atoms with Gasteiger partial charge in [0, 0.05) is 19.4 Å². The molecule has 1 aromatic rings. The molecule has 0 spiro atoms. The van der Waals surface area contributed by atoms with Crippen LogP contribution >= 0.6 is 0 Å². The van der Waals surface area contributed by atoms with Crippen molar-refractivity contribution in [3.05, 3.63) is 35.4 Å². The first kappa shape index (κ1) is 15.7. The zero-order chi connectivity index (χ0) is 14.5. The average molecular weight is 264 g/mol. The molecule has 0 amide bonds. The molecule has 1 aromatic carbocycles. The zero-order valence-corrected chi connectivity index (χ0v) is 12.3. The first-order chi connectivity index (χ1) is 8.82. The van der Waals surface area contributed by atoms with E-state index in [4.69, 9.17) is 4.74 Å². The van der Waals surface area contributed by atoms with Crippen LogP contribution in [0.4, 0.5) is 0 Å². The highest BCUT2D eigenvalue weighted by Gasteiger charge is 2.14. The first-order valence-corrected chi connectivity index (χ1v) is 6.66. The summed E-state index contributed by atoms with van der Waals surface area (Å²) in [5.41, 5.74) is 2.59. The van der Waals surface area contributed by atoms with Crippen molar-refractivity contribution < 1.29 is 14.6 Å². The fraction of sp³-hybridized carbons (Fsp3) is 0.562. The van der Waals surface area contributed by atoms with Gasteiger partial charge in [-0.1, -0.05) is 45.0 Å². The fourth-order valence-electron chi connectivity index (χ4n) is 1.89. The molecule has 0 saturated heterocycles. The van der Waals surface area contributed by atoms with E-state index in [1.807, 2.05) is 0 Å². The van der Waals surface area contributed by atoms with Gasteiger partial charge in [0.1, 0.15) is 0 Å². The molecule has 1 rings (SSSR count). The van der Waals surface area contributed by atoms with Gasteiger partial charge >= 0.3 is 5.97 Å². The van der Waals surface area contributed by atoms with Crippen molar-refractivity contribution in [1.82, 2.24) is 0 Å². The minimum absolute atomic E-state index is 0.0221. The van der Waals surface area contributed by atoms with E-state index in [0.717, 1.165) is 5.56 Å². The molecule has 106 valence electrons. The summed E-state index contributed by atoms with van der Waals surface area (Å²) in [6.45, 7) is 8.21. The second kappa shape index (κ2) is 6.71. The van der Waals surface area contributed by atoms with Crippen molar-refractivity contribution in [2.24, 2.45) is 5.92 Å². The lowest BCUT2D eigenvalue weighted by molar-refractivity contribution is -0.142. The SMILES string of the molecule is CC(=O)OCC(CO)Cc1ccc(C(C)(C)C)cc1. The Bertz CT molecular complexity index is 401. The molecule has 0 saturated carbocycles. The Morgan fingerprint density at radius 1 is 1.26 bits per heavy atom. The van der Waals surface area contributed by atoms with Crippen molar-refractivity contribution in [2.75, 3.05) is 13.2 Å². The second-order valence-corrected chi connectivity index (χ2v) is 6.00. The van der Waals surface area contributed by atoms with Crippen molar-refractivity contribution in [3.63, 3.8) is 0 Å². The number of hydrogen-bond donors (Lipinski definition) is 1. The molecule has 0 aliphatic rings. The Kier molecular flexibility index (Phi) is 5.55. The Labute approximate surface area is 115 Å². The highest BCUT2D eigenvalue weighted by atomic mass is 16.5. The third-order valence-electron chi connectivity index (χ3n) is 3.12. The van der Waals surface area contributed by atoms with Crippen LogP contribution in [0.2, 0.25) is 0 Å². The number of benzene rings is 1. The number of rotatable bonds is 5. The summed E-state index contributed by atoms with van der Waals surface area (Å²) in [5, 5.41) is 9.29. The first-order valence-electron chi connectivity index (χ1n) is 6.66. The second-order valence-electron chi connectivity index (χ2n) is 6.00. The Balaban J connectivity index is 2.63. The molecule has 0 radical (unpaired) electrons. The summed E-state index contributed by atoms with van der Waals surface area (Å²) in [6, 6.07) is 8.40. The number of aliphatic hydroxyl groups excluding tert-OH is 1. The normalized spacial score (nSPS) is 13.1. The summed E-state index contributed by atoms with van der Waals surface area (Å²) in [6.07, 6.45) is 0.716. The van der Waals surface area contributed by atoms with Gasteiger partial charge in [-0.25, -0.2) is 0 Å². The number of hydrogen-bond acceptors (Lipinski definition) is 3. The van der Waals surface area contributed by atoms with Crippen LogP contribution in [0.15, 0.2) is 24.3 Å². The van der Waals surface area contributed by atoms with E-state index in [1.165, 1.54) is 12.5 Å². The minimum Gasteiger partial charge on any atom is -0.465 e. The Hall–Kier alpha value is -1.35. The maximum absolute atomic E-state index is 10.8. The number of carbonyl (C=O) groups is 1. The third kappa shape index (κ3) is 5.43. The van der Waals surface area contributed by atoms with Crippen LogP contribution < -0.4 is 0 Å². The molecule has 0 aliphatic carbocycles. The van der Waals surface area contributed by atoms with Crippen LogP contribution in [0.25, 0.3) is 0 Å². The van der Waals surface area contributed by atoms with Gasteiger partial charge in [0.25, 0.3) is 0 Å². The van der Waals surface area contributed by atoms with Crippen LogP contribution in [0.3, 0.4) is 0 Å². The van der Waals surface area contributed by atoms with Gasteiger partial charge in [0.05, 0.1) is 6.61 Å². The monoisotopic (exact) mass is 264 g/mol. The highest BCUT2D eigenvalue weighted by Crippen LogP contribution is 2.22. The van der Waals surface area contributed by atoms with E-state index in [0.29, 0.717) is 6.42 Å². The third-order valence-corrected chi connectivity index (χ3v) is 3.12. The molecule has 3 nitrogen and oxygen atoms in total. The zero-order valence-electron chi connectivity index (χ0n) is 12.3. The van der Waals surface area contributed by atoms with E-state index in [1.54, 1.807) is 0 Å². The Morgan fingerprint density at radius 3 is 2.26 bits per heavy atom. The summed E-state index contributed by atoms with van der Waals surface area (Å²) in [5.74, 6) is -0.342. The average Bonchev–Trinajstić information content (AvgIpc) is 2.33. The predicted molar refractivity (Wildman–Crippen MR) is 76.1 cm³/mol. The van der Waals surface area contributed by atoms with Gasteiger partial charge in [-0.05, 0) is 23.0 Å². The molecule has 1 atom stereocenters. The van der Waals surface area contributed by atoms with Crippen LogP contribution in [0.1, 0.15) is 38.8 Å². The smallest absolute Gasteiger partial charge is 0.302 e. The van der Waals surface area contributed by atoms with Gasteiger partial charge in [0.15, 0.2) is 0 Å². The van der Waals surface area contributed by atoms with Gasteiger partial charge in [-0.2, -0.15) is 0 Å². The number of aliphatic hydroxyl groups is 1. The quantitative estimate of drug-likeness (QED) is 0.832. The molecule has 0 heterocycles. The molecule has 0 aliphatic heterocycles. The molecule has 0 fully saturated rings. The Morgan fingerprint density at radius 2 is 1.84 bits per heavy atom. The molecule has 0 aromatic heterocycles. The van der Waals surface area contributed by atoms with Crippen molar-refractivity contribution in [3.8, 4) is 0 Å². The molecule has 1 N–H and O–H groups in total. The maximum Gasteiger partial charge on any atom is 0.302 e. The van der Waals surface area contributed by atoms with Gasteiger partial charge in [-0.15, -0.1) is 0 Å². The minimum atomic E-state index is -0.304. The maximum atomic E-state index is 10.8. The lowest BCUT2D eigenvalue weighted by atomic mass is 9.86. The largest absolute Gasteiger partial charge is 0.465 e. The predicted octanol–water partition coefficient (Wildman–Crippen LogP) is 2.70. The molecular weight excluding hydrogens is 240 g/mol. The van der Waals surface area contributed by atoms with Crippen molar-refractivity contribution >= 4 is 5.97 Å². The summed E-state index contributed by atoms with van der Waals surface area (Å²) < 4.78 is 4.95. The number of ether oxygens (including phenoxy) is 1. The summed E-state index contributed by atoms with van der Waals surface area (Å²) in [4.78, 5) is 10.8. The van der Waals surface area contributed by atoms with E-state index < -0.39 is 0 Å². The van der Waals surface area contributed by atoms with Gasteiger partial charge in [0.2, 0.25) is 0 Å². The molecule has 3 heteroatoms. The molecule has 19 heavy (non-hydrogen) atoms. The van der Waals surface area contributed by atoms with Crippen LogP contribution in [0, 0.1) is 5.92 Å². The summed E-state index contributed by atoms with van der Waals surface area (Å²) in [7, 11) is 0. The van der Waals surface area contributed by atoms with Crippen LogP contribution in [0.5, 0.6) is 0 Å². The highest BCUT2D eigenvalue weighted by molar-refractivity contribution is 5.65. The topological polar surface area (TPSA) is 46.5 Å². The fourth-order valence-corrected chi connectivity index (χ4v) is 1.89. The molecule has 0 bridgehead atoms. The van der Waals surface area contributed by atoms with Crippen LogP contribution in [-0.4, -0.2) is 24.3 Å². The lowest BCUT2D eigenvalue weighted by Crippen LogP contribution is -2.18. The van der Waals surface area contributed by atoms with Crippen molar-refractivity contribution in [2.45, 2.75) is 39.5 Å². The van der Waals surface area contributed by atoms with Gasteiger partial charge < -0.3 is 9.84 Å². The van der Waals surface area contributed by atoms with Crippen molar-refractivity contribution in [1.29, 1.82) is 0 Å². The lowest BCUT2D eigenvalue weighted by Gasteiger charge is -2.20. The number of esters is 1. The standard InChI is InChI=1S/C16H24O3/c1-12(18)19-11-14(10-17)9-13-5-7-15(8-6-13)16(2,3)4/h5-8,14,17H,9-11H2,1-4H3. The number of carbonyl (C=O) groups excluding carboxylic acids is 1. The van der Waals surface area contributed by atoms with E-state index >= 15 is 0 Å². The van der Waals surface area contributed by atoms with E-state index in [-0.39, 0.29) is 30.5 Å². The van der Waals surface area contributed by atoms with Crippen LogP contribution in [-0.2, 0) is 21.4 Å².